The summed E-state index contributed by atoms with van der Waals surface area (Å²) >= 11 is 0. The lowest BCUT2D eigenvalue weighted by molar-refractivity contribution is -0.137. The number of piperazine rings is 1. The van der Waals surface area contributed by atoms with E-state index in [2.05, 4.69) is 34.2 Å². The van der Waals surface area contributed by atoms with E-state index >= 15 is 4.39 Å². The monoisotopic (exact) mass is 666 g/mol. The summed E-state index contributed by atoms with van der Waals surface area (Å²) in [5.41, 5.74) is 0.894. The molecule has 5 rings (SSSR count). The highest BCUT2D eigenvalue weighted by atomic mass is 19.1. The molecule has 3 aliphatic rings. The van der Waals surface area contributed by atoms with Gasteiger partial charge in [0.2, 0.25) is 24.1 Å². The van der Waals surface area contributed by atoms with Gasteiger partial charge in [0, 0.05) is 32.1 Å². The number of halogens is 1. The van der Waals surface area contributed by atoms with E-state index in [0.29, 0.717) is 68.7 Å². The van der Waals surface area contributed by atoms with Gasteiger partial charge in [-0.25, -0.2) is 4.39 Å². The Labute approximate surface area is 281 Å². The molecule has 0 spiro atoms. The van der Waals surface area contributed by atoms with Gasteiger partial charge in [-0.2, -0.15) is 0 Å². The van der Waals surface area contributed by atoms with Crippen LogP contribution < -0.4 is 15.5 Å². The first-order valence-electron chi connectivity index (χ1n) is 16.7. The molecule has 2 saturated heterocycles. The minimum atomic E-state index is -0.946. The van der Waals surface area contributed by atoms with E-state index in [0.717, 1.165) is 31.8 Å². The number of nitrogens with one attached hydrogen (secondary N) is 2. The van der Waals surface area contributed by atoms with E-state index < -0.39 is 41.0 Å². The van der Waals surface area contributed by atoms with E-state index in [1.165, 1.54) is 23.3 Å². The van der Waals surface area contributed by atoms with Crippen molar-refractivity contribution in [3.63, 3.8) is 0 Å². The van der Waals surface area contributed by atoms with Gasteiger partial charge in [-0.1, -0.05) is 44.5 Å². The summed E-state index contributed by atoms with van der Waals surface area (Å²) in [5, 5.41) is 9.66. The molecule has 2 aliphatic heterocycles. The summed E-state index contributed by atoms with van der Waals surface area (Å²) < 4.78 is 26.5. The number of nitrogens with zero attached hydrogens (tertiary/aromatic N) is 4. The molecule has 1 aliphatic carbocycles. The molecule has 3 atom stereocenters. The number of hydrogen-bond acceptors (Lipinski definition) is 8. The highest BCUT2D eigenvalue weighted by Crippen LogP contribution is 2.40. The zero-order valence-corrected chi connectivity index (χ0v) is 28.2. The Morgan fingerprint density at radius 2 is 1.83 bits per heavy atom. The number of benzene rings is 1. The Morgan fingerprint density at radius 1 is 1.15 bits per heavy atom. The summed E-state index contributed by atoms with van der Waals surface area (Å²) in [5.74, 6) is -2.24. The number of ether oxygens (including phenoxy) is 1. The number of amides is 4. The maximum atomic E-state index is 15.8. The van der Waals surface area contributed by atoms with Crippen molar-refractivity contribution in [1.29, 1.82) is 0 Å². The van der Waals surface area contributed by atoms with E-state index in [4.69, 9.17) is 9.26 Å². The van der Waals surface area contributed by atoms with Gasteiger partial charge in [0.05, 0.1) is 24.3 Å². The van der Waals surface area contributed by atoms with Crippen LogP contribution in [0.15, 0.2) is 41.6 Å². The Hall–Kier alpha value is -4.10. The maximum Gasteiger partial charge on any atom is 0.247 e. The molecule has 0 bridgehead atoms. The van der Waals surface area contributed by atoms with Crippen LogP contribution in [0, 0.1) is 17.7 Å². The second-order valence-electron chi connectivity index (χ2n) is 13.9. The fourth-order valence-corrected chi connectivity index (χ4v) is 6.97. The van der Waals surface area contributed by atoms with Crippen LogP contribution in [-0.4, -0.2) is 97.6 Å². The Balaban J connectivity index is 1.39. The summed E-state index contributed by atoms with van der Waals surface area (Å²) in [4.78, 5) is 57.9. The van der Waals surface area contributed by atoms with E-state index in [1.807, 2.05) is 14.0 Å². The molecule has 2 aromatic rings. The maximum absolute atomic E-state index is 15.8. The van der Waals surface area contributed by atoms with Gasteiger partial charge in [-0.3, -0.25) is 24.1 Å². The van der Waals surface area contributed by atoms with Crippen LogP contribution in [0.3, 0.4) is 0 Å². The second kappa shape index (κ2) is 15.0. The molecule has 48 heavy (non-hydrogen) atoms. The highest BCUT2D eigenvalue weighted by molar-refractivity contribution is 6.01. The van der Waals surface area contributed by atoms with Crippen LogP contribution in [0.1, 0.15) is 63.6 Å². The fourth-order valence-electron chi connectivity index (χ4n) is 6.97. The molecule has 4 amide bonds. The predicted molar refractivity (Wildman–Crippen MR) is 178 cm³/mol. The Kier molecular flexibility index (Phi) is 11.0. The largest absolute Gasteiger partial charge is 0.379 e. The van der Waals surface area contributed by atoms with Gasteiger partial charge in [0.1, 0.15) is 35.5 Å². The average molecular weight is 667 g/mol. The van der Waals surface area contributed by atoms with E-state index in [9.17, 15) is 19.2 Å². The quantitative estimate of drug-likeness (QED) is 0.260. The zero-order valence-electron chi connectivity index (χ0n) is 28.2. The van der Waals surface area contributed by atoms with Gasteiger partial charge < -0.3 is 29.7 Å². The summed E-state index contributed by atoms with van der Waals surface area (Å²) in [6.45, 7) is 12.7. The predicted octanol–water partition coefficient (Wildman–Crippen LogP) is 3.45. The third kappa shape index (κ3) is 7.46. The third-order valence-electron chi connectivity index (χ3n) is 10.3. The van der Waals surface area contributed by atoms with Crippen molar-refractivity contribution < 1.29 is 32.8 Å². The summed E-state index contributed by atoms with van der Waals surface area (Å²) in [6, 6.07) is 2.48. The number of carbonyl (C=O) groups excluding carboxylic acids is 4. The van der Waals surface area contributed by atoms with Gasteiger partial charge in [-0.05, 0) is 62.4 Å². The molecule has 0 unspecified atom stereocenters. The van der Waals surface area contributed by atoms with Crippen molar-refractivity contribution in [2.24, 2.45) is 11.8 Å². The van der Waals surface area contributed by atoms with Gasteiger partial charge in [0.25, 0.3) is 0 Å². The fraction of sp³-hybridized carbons (Fsp3) is 0.571. The second-order valence-corrected chi connectivity index (χ2v) is 13.9. The highest BCUT2D eigenvalue weighted by Gasteiger charge is 2.44. The molecule has 260 valence electrons. The lowest BCUT2D eigenvalue weighted by Gasteiger charge is -2.40. The van der Waals surface area contributed by atoms with Crippen molar-refractivity contribution in [3.8, 4) is 0 Å². The van der Waals surface area contributed by atoms with Crippen LogP contribution in [0.4, 0.5) is 15.8 Å². The number of aromatic nitrogens is 1. The first kappa shape index (κ1) is 35.2. The van der Waals surface area contributed by atoms with Crippen molar-refractivity contribution >= 4 is 35.5 Å². The minimum absolute atomic E-state index is 0.0575. The lowest BCUT2D eigenvalue weighted by atomic mass is 9.78. The number of anilines is 2. The topological polar surface area (TPSA) is 137 Å². The molecular weight excluding hydrogens is 619 g/mol. The molecule has 12 nitrogen and oxygen atoms in total. The normalized spacial score (nSPS) is 22.8. The van der Waals surface area contributed by atoms with Crippen LogP contribution in [0.25, 0.3) is 0 Å². The Morgan fingerprint density at radius 3 is 2.42 bits per heavy atom. The van der Waals surface area contributed by atoms with Crippen LogP contribution in [0.5, 0.6) is 0 Å². The minimum Gasteiger partial charge on any atom is -0.379 e. The molecule has 13 heteroatoms. The van der Waals surface area contributed by atoms with Crippen molar-refractivity contribution in [2.75, 3.05) is 56.7 Å². The van der Waals surface area contributed by atoms with Gasteiger partial charge in [0.15, 0.2) is 0 Å². The molecule has 2 N–H and O–H groups in total. The van der Waals surface area contributed by atoms with Crippen LogP contribution in [0.2, 0.25) is 0 Å². The summed E-state index contributed by atoms with van der Waals surface area (Å²) in [6.07, 6.45) is 6.36. The standard InChI is InChI=1S/C35H47FN6O6/c1-6-29(44)38-30(34(46)41-15-13-40(5)14-16-41)23(3)25-11-12-27(26(36)17-25)37-33(45)31(24-9-7-22(2)8-10-24)42(21-43)28-18-48-39-32(28)35(4)19-47-20-35/h6,11-12,17-18,21-24,30-31H,1,7-10,13-16,19-20H2,2-5H3,(H,37,45)(H,38,44)/t22?,23-,24?,30+,31-/m0/s1. The Bertz CT molecular complexity index is 1490. The van der Waals surface area contributed by atoms with E-state index in [-0.39, 0.29) is 17.5 Å². The van der Waals surface area contributed by atoms with Crippen molar-refractivity contribution in [2.45, 2.75) is 69.9 Å². The molecule has 1 aromatic carbocycles. The molecular formula is C35H47FN6O6. The number of hydrogen-bond donors (Lipinski definition) is 2. The number of rotatable bonds is 12. The molecule has 1 aromatic heterocycles. The van der Waals surface area contributed by atoms with Crippen LogP contribution >= 0.6 is 0 Å². The molecule has 3 fully saturated rings. The zero-order chi connectivity index (χ0) is 34.6. The summed E-state index contributed by atoms with van der Waals surface area (Å²) in [7, 11) is 1.98. The number of likely N-dealkylation sites (N-methyl/N-ethyl adjacent to an activating group) is 1. The van der Waals surface area contributed by atoms with E-state index in [1.54, 1.807) is 17.9 Å². The average Bonchev–Trinajstić information content (AvgIpc) is 3.56. The first-order chi connectivity index (χ1) is 22.9. The van der Waals surface area contributed by atoms with Crippen molar-refractivity contribution in [1.82, 2.24) is 20.3 Å². The molecule has 0 radical (unpaired) electrons. The number of carbonyl (C=O) groups is 4. The van der Waals surface area contributed by atoms with Crippen molar-refractivity contribution in [3.05, 3.63) is 54.2 Å². The molecule has 3 heterocycles. The molecule has 1 saturated carbocycles. The van der Waals surface area contributed by atoms with Gasteiger partial charge >= 0.3 is 0 Å². The lowest BCUT2D eigenvalue weighted by Crippen LogP contribution is -2.55. The van der Waals surface area contributed by atoms with Crippen LogP contribution in [-0.2, 0) is 29.3 Å². The van der Waals surface area contributed by atoms with Gasteiger partial charge in [-0.15, -0.1) is 0 Å². The first-order valence-corrected chi connectivity index (χ1v) is 16.7. The SMILES string of the molecule is C=CC(=O)N[C@@H](C(=O)N1CCN(C)CC1)[C@@H](C)c1ccc(NC(=O)[C@H](C2CCC(C)CC2)N(C=O)c2conc2C2(C)COC2)c(F)c1. The third-order valence-corrected chi connectivity index (χ3v) is 10.3. The smallest absolute Gasteiger partial charge is 0.247 e.